The number of rotatable bonds is 19. The molecule has 1 saturated heterocycles. The zero-order chi connectivity index (χ0) is 46.6. The van der Waals surface area contributed by atoms with E-state index in [0.717, 1.165) is 93.9 Å². The molecule has 0 saturated carbocycles. The van der Waals surface area contributed by atoms with E-state index >= 15 is 0 Å². The average Bonchev–Trinajstić information content (AvgIpc) is 3.98. The summed E-state index contributed by atoms with van der Waals surface area (Å²) in [4.78, 5) is 42.3. The van der Waals surface area contributed by atoms with Crippen LogP contribution in [0.4, 0.5) is 0 Å². The number of aliphatic imine (C=N–C) groups is 3. The number of allylic oxidation sites excluding steroid dienone is 12. The van der Waals surface area contributed by atoms with Gasteiger partial charge >= 0.3 is 11.9 Å². The number of carbonyl (C=O) groups excluding carboxylic acids is 2. The molecule has 0 aromatic carbocycles. The van der Waals surface area contributed by atoms with Gasteiger partial charge in [-0.3, -0.25) is 4.79 Å². The minimum atomic E-state index is -2.55. The highest BCUT2D eigenvalue weighted by atomic mass is 16.5. The topological polar surface area (TPSA) is 142 Å². The number of nitrogens with one attached hydrogen (secondary N) is 1. The maximum Gasteiger partial charge on any atom is 0.350 e. The molecule has 0 spiro atoms. The first-order valence-electron chi connectivity index (χ1n) is 23.7. The van der Waals surface area contributed by atoms with E-state index in [-0.39, 0.29) is 35.2 Å². The zero-order valence-electron chi connectivity index (χ0n) is 40.3. The third-order valence-electron chi connectivity index (χ3n) is 14.2. The van der Waals surface area contributed by atoms with E-state index < -0.39 is 23.2 Å². The van der Waals surface area contributed by atoms with Gasteiger partial charge in [0.05, 0.1) is 47.6 Å². The zero-order valence-corrected chi connectivity index (χ0v) is 40.3. The highest BCUT2D eigenvalue weighted by Gasteiger charge is 2.59. The quantitative estimate of drug-likeness (QED) is 0.0866. The minimum absolute atomic E-state index is 0.0699. The summed E-state index contributed by atoms with van der Waals surface area (Å²) < 4.78 is 10.9. The minimum Gasteiger partial charge on any atom is -0.507 e. The molecule has 3 N–H and O–H groups in total. The highest BCUT2D eigenvalue weighted by molar-refractivity contribution is 6.26. The number of carbonyl (C=O) groups is 2. The number of methoxy groups -OCH3 is 1. The molecular weight excluding hydrogens is 801 g/mol. The molecule has 2 unspecified atom stereocenters. The van der Waals surface area contributed by atoms with Crippen LogP contribution in [0.1, 0.15) is 146 Å². The van der Waals surface area contributed by atoms with Gasteiger partial charge in [-0.1, -0.05) is 99.1 Å². The Labute approximate surface area is 382 Å². The molecule has 344 valence electrons. The van der Waals surface area contributed by atoms with Gasteiger partial charge in [-0.05, 0) is 117 Å². The molecule has 6 aliphatic rings. The molecule has 5 heterocycles. The normalized spacial score (nSPS) is 23.9. The predicted octanol–water partition coefficient (Wildman–Crippen LogP) is 12.0. The van der Waals surface area contributed by atoms with E-state index in [1.54, 1.807) is 6.26 Å². The summed E-state index contributed by atoms with van der Waals surface area (Å²) in [5.74, 6) is -0.385. The Morgan fingerprint density at radius 3 is 2.17 bits per heavy atom. The highest BCUT2D eigenvalue weighted by Crippen LogP contribution is 2.51. The van der Waals surface area contributed by atoms with Gasteiger partial charge in [0.2, 0.25) is 5.60 Å². The Hall–Kier alpha value is -5.09. The summed E-state index contributed by atoms with van der Waals surface area (Å²) in [7, 11) is 1.18. The van der Waals surface area contributed by atoms with Crippen molar-refractivity contribution in [1.82, 2.24) is 5.32 Å². The second-order valence-electron chi connectivity index (χ2n) is 19.4. The third-order valence-corrected chi connectivity index (χ3v) is 14.2. The Morgan fingerprint density at radius 2 is 1.53 bits per heavy atom. The number of hydrogen-bond acceptors (Lipinski definition) is 10. The second kappa shape index (κ2) is 20.4. The molecule has 5 atom stereocenters. The molecule has 0 radical (unpaired) electrons. The van der Waals surface area contributed by atoms with Crippen molar-refractivity contribution < 1.29 is 29.3 Å². The van der Waals surface area contributed by atoms with E-state index in [2.05, 4.69) is 53.4 Å². The summed E-state index contributed by atoms with van der Waals surface area (Å²) in [5, 5.41) is 27.9. The van der Waals surface area contributed by atoms with Crippen LogP contribution in [0, 0.1) is 29.6 Å². The molecule has 64 heavy (non-hydrogen) atoms. The van der Waals surface area contributed by atoms with Crippen LogP contribution in [-0.2, 0) is 19.1 Å². The van der Waals surface area contributed by atoms with Crippen LogP contribution in [0.25, 0.3) is 0 Å². The average molecular weight is 873 g/mol. The first-order valence-corrected chi connectivity index (χ1v) is 23.7. The van der Waals surface area contributed by atoms with Gasteiger partial charge in [-0.2, -0.15) is 0 Å². The molecule has 0 aromatic heterocycles. The van der Waals surface area contributed by atoms with Gasteiger partial charge in [0.25, 0.3) is 0 Å². The lowest BCUT2D eigenvalue weighted by atomic mass is 9.83. The molecule has 10 nitrogen and oxygen atoms in total. The number of nitrogens with zero attached hydrogens (tertiary/aromatic N) is 3. The number of esters is 2. The number of aliphatic hydroxyl groups excluding tert-OH is 1. The van der Waals surface area contributed by atoms with Crippen molar-refractivity contribution in [3.63, 3.8) is 0 Å². The van der Waals surface area contributed by atoms with Crippen LogP contribution >= 0.6 is 0 Å². The van der Waals surface area contributed by atoms with Crippen LogP contribution in [0.3, 0.4) is 0 Å². The summed E-state index contributed by atoms with van der Waals surface area (Å²) in [6.45, 7) is 25.5. The fraction of sp³-hybridized carbons (Fsp3) is 0.537. The summed E-state index contributed by atoms with van der Waals surface area (Å²) in [5.41, 5.74) is 8.45. The van der Waals surface area contributed by atoms with Gasteiger partial charge in [-0.15, -0.1) is 0 Å². The smallest absolute Gasteiger partial charge is 0.350 e. The van der Waals surface area contributed by atoms with Crippen molar-refractivity contribution >= 4 is 29.1 Å². The third kappa shape index (κ3) is 9.77. The molecule has 0 amide bonds. The SMILES string of the molecule is C=CC1=C(C)C2=NC1=CC1=NC(=CC3=C(C)C4=C(O)[C@](O)(C(=O)OC)C(=C5NC(=C2)[C@@H](C)[C@@H]5CCC(=O)O/C=C(\C)CCCC(C)CCCC(C)CCCC(C)C)C4=N3)C(CC)=C1C. The van der Waals surface area contributed by atoms with Crippen molar-refractivity contribution in [2.24, 2.45) is 44.6 Å². The standard InChI is InChI=1S/C54H72N4O6/c1-13-38-34(8)41-26-43-36(10)40(24-25-47(59)64-29-33(7)23-17-22-32(6)21-16-20-31(5)19-15-18-30(3)4)50(57-43)49-51-48(52(60)54(49,62)53(61)63-12)37(11)44(58-51)28-46-39(14-2)35(9)42(56-46)27-45(38)55-41/h13,26-32,36,40,57,60,62H,1,14-25H2,2-12H3/b33-29+,43-26?,45-27?,46-28?,50-49?/t31?,32?,36-,40-,54-/m0/s1. The van der Waals surface area contributed by atoms with Crippen molar-refractivity contribution in [2.75, 3.05) is 7.11 Å². The van der Waals surface area contributed by atoms with Gasteiger partial charge < -0.3 is 25.0 Å². The number of ether oxygens (including phenoxy) is 2. The molecule has 8 bridgehead atoms. The fourth-order valence-electron chi connectivity index (χ4n) is 10.1. The molecule has 5 aliphatic heterocycles. The lowest BCUT2D eigenvalue weighted by Crippen LogP contribution is -2.44. The van der Waals surface area contributed by atoms with E-state index in [1.807, 2.05) is 52.0 Å². The van der Waals surface area contributed by atoms with Crippen LogP contribution in [-0.4, -0.2) is 52.0 Å². The first kappa shape index (κ1) is 48.4. The predicted molar refractivity (Wildman–Crippen MR) is 258 cm³/mol. The first-order chi connectivity index (χ1) is 30.4. The van der Waals surface area contributed by atoms with Crippen molar-refractivity contribution in [3.8, 4) is 0 Å². The van der Waals surface area contributed by atoms with Crippen LogP contribution in [0.5, 0.6) is 0 Å². The molecule has 6 rings (SSSR count). The molecule has 10 heteroatoms. The number of aliphatic hydroxyl groups is 2. The van der Waals surface area contributed by atoms with E-state index in [1.165, 1.54) is 45.6 Å². The van der Waals surface area contributed by atoms with E-state index in [4.69, 9.17) is 24.5 Å². The molecule has 0 aromatic rings. The van der Waals surface area contributed by atoms with Gasteiger partial charge in [0.15, 0.2) is 5.76 Å². The summed E-state index contributed by atoms with van der Waals surface area (Å²) in [6.07, 6.45) is 21.3. The van der Waals surface area contributed by atoms with Crippen LogP contribution < -0.4 is 5.32 Å². The lowest BCUT2D eigenvalue weighted by Gasteiger charge is -2.26. The summed E-state index contributed by atoms with van der Waals surface area (Å²) >= 11 is 0. The maximum atomic E-state index is 13.7. The van der Waals surface area contributed by atoms with Crippen molar-refractivity contribution in [2.45, 2.75) is 152 Å². The molecular formula is C54H72N4O6. The fourth-order valence-corrected chi connectivity index (χ4v) is 10.1. The van der Waals surface area contributed by atoms with Crippen LogP contribution in [0.2, 0.25) is 0 Å². The van der Waals surface area contributed by atoms with Gasteiger partial charge in [0.1, 0.15) is 0 Å². The molecule has 1 fully saturated rings. The van der Waals surface area contributed by atoms with Crippen LogP contribution in [0.15, 0.2) is 131 Å². The Balaban J connectivity index is 1.25. The Kier molecular flexibility index (Phi) is 15.4. The summed E-state index contributed by atoms with van der Waals surface area (Å²) in [6, 6.07) is 0. The lowest BCUT2D eigenvalue weighted by molar-refractivity contribution is -0.156. The van der Waals surface area contributed by atoms with Gasteiger partial charge in [0, 0.05) is 46.4 Å². The monoisotopic (exact) mass is 873 g/mol. The maximum absolute atomic E-state index is 13.7. The molecule has 1 aliphatic carbocycles. The number of fused-ring (bicyclic) bond motifs is 5. The Morgan fingerprint density at radius 1 is 0.891 bits per heavy atom. The second-order valence-corrected chi connectivity index (χ2v) is 19.4. The van der Waals surface area contributed by atoms with Gasteiger partial charge in [-0.25, -0.2) is 19.8 Å². The van der Waals surface area contributed by atoms with Crippen molar-refractivity contribution in [3.05, 3.63) is 116 Å². The Bertz CT molecular complexity index is 2330. The van der Waals surface area contributed by atoms with E-state index in [9.17, 15) is 19.8 Å². The number of hydrogen-bond donors (Lipinski definition) is 3. The largest absolute Gasteiger partial charge is 0.507 e. The van der Waals surface area contributed by atoms with Crippen molar-refractivity contribution in [1.29, 1.82) is 0 Å². The van der Waals surface area contributed by atoms with E-state index in [0.29, 0.717) is 29.3 Å².